The first kappa shape index (κ1) is 13.6. The van der Waals surface area contributed by atoms with Crippen LogP contribution in [0.4, 0.5) is 5.82 Å². The van der Waals surface area contributed by atoms with Gasteiger partial charge in [0.15, 0.2) is 0 Å². The lowest BCUT2D eigenvalue weighted by Gasteiger charge is -2.15. The number of anilines is 1. The number of hydrogen-bond donors (Lipinski definition) is 1. The van der Waals surface area contributed by atoms with Crippen molar-refractivity contribution in [1.82, 2.24) is 9.88 Å². The fourth-order valence-corrected chi connectivity index (χ4v) is 2.02. The van der Waals surface area contributed by atoms with Crippen molar-refractivity contribution in [2.75, 3.05) is 19.4 Å². The monoisotopic (exact) mass is 255 g/mol. The minimum atomic E-state index is 0.258. The van der Waals surface area contributed by atoms with Crippen LogP contribution in [0.3, 0.4) is 0 Å². The number of hydrogen-bond acceptors (Lipinski definition) is 3. The highest BCUT2D eigenvalue weighted by Gasteiger charge is 2.05. The van der Waals surface area contributed by atoms with Gasteiger partial charge in [-0.2, -0.15) is 0 Å². The molecule has 0 aliphatic heterocycles. The van der Waals surface area contributed by atoms with E-state index in [0.29, 0.717) is 0 Å². The molecule has 1 atom stereocenters. The molecule has 1 heterocycles. The average Bonchev–Trinajstić information content (AvgIpc) is 2.41. The lowest BCUT2D eigenvalue weighted by Crippen LogP contribution is -2.11. The Morgan fingerprint density at radius 1 is 1.11 bits per heavy atom. The Kier molecular flexibility index (Phi) is 4.53. The van der Waals surface area contributed by atoms with Crippen LogP contribution in [-0.2, 0) is 6.54 Å². The van der Waals surface area contributed by atoms with Crippen molar-refractivity contribution in [1.29, 1.82) is 0 Å². The third-order valence-corrected chi connectivity index (χ3v) is 2.99. The molecule has 1 unspecified atom stereocenters. The fourth-order valence-electron chi connectivity index (χ4n) is 2.02. The van der Waals surface area contributed by atoms with E-state index in [1.54, 1.807) is 0 Å². The molecule has 0 saturated carbocycles. The summed E-state index contributed by atoms with van der Waals surface area (Å²) in [7, 11) is 4.12. The van der Waals surface area contributed by atoms with E-state index in [0.717, 1.165) is 12.4 Å². The maximum absolute atomic E-state index is 4.46. The van der Waals surface area contributed by atoms with Gasteiger partial charge in [-0.05, 0) is 38.2 Å². The van der Waals surface area contributed by atoms with E-state index < -0.39 is 0 Å². The largest absolute Gasteiger partial charge is 0.364 e. The number of nitrogens with one attached hydrogen (secondary N) is 1. The number of aromatic nitrogens is 1. The van der Waals surface area contributed by atoms with E-state index in [1.807, 2.05) is 18.3 Å². The molecule has 3 heteroatoms. The number of benzene rings is 1. The van der Waals surface area contributed by atoms with Crippen LogP contribution < -0.4 is 5.32 Å². The second kappa shape index (κ2) is 6.34. The Morgan fingerprint density at radius 2 is 1.84 bits per heavy atom. The van der Waals surface area contributed by atoms with Crippen LogP contribution in [-0.4, -0.2) is 24.0 Å². The first-order valence-corrected chi connectivity index (χ1v) is 6.56. The van der Waals surface area contributed by atoms with E-state index in [-0.39, 0.29) is 6.04 Å². The molecule has 0 radical (unpaired) electrons. The summed E-state index contributed by atoms with van der Waals surface area (Å²) in [5.41, 5.74) is 2.49. The molecule has 0 fully saturated rings. The van der Waals surface area contributed by atoms with Crippen LogP contribution in [0.1, 0.15) is 24.1 Å². The van der Waals surface area contributed by atoms with Gasteiger partial charge in [0.05, 0.1) is 0 Å². The second-order valence-electron chi connectivity index (χ2n) is 5.07. The maximum atomic E-state index is 4.46. The summed E-state index contributed by atoms with van der Waals surface area (Å²) in [6.07, 6.45) is 1.93. The molecule has 2 rings (SSSR count). The highest BCUT2D eigenvalue weighted by molar-refractivity contribution is 5.39. The molecule has 100 valence electrons. The molecular weight excluding hydrogens is 234 g/mol. The molecule has 0 aliphatic carbocycles. The normalized spacial score (nSPS) is 12.4. The lowest BCUT2D eigenvalue weighted by molar-refractivity contribution is 0.402. The first-order valence-electron chi connectivity index (χ1n) is 6.56. The minimum absolute atomic E-state index is 0.258. The van der Waals surface area contributed by atoms with Gasteiger partial charge in [0.1, 0.15) is 5.82 Å². The zero-order chi connectivity index (χ0) is 13.7. The third kappa shape index (κ3) is 4.07. The molecule has 0 spiro atoms. The standard InChI is InChI=1S/C16H21N3/c1-13(15-7-5-4-6-8-15)18-16-10-9-14(11-17-16)12-19(2)3/h4-11,13H,12H2,1-3H3,(H,17,18). The molecule has 19 heavy (non-hydrogen) atoms. The SMILES string of the molecule is CC(Nc1ccc(CN(C)C)cn1)c1ccccc1. The molecule has 1 aromatic heterocycles. The molecule has 1 aromatic carbocycles. The van der Waals surface area contributed by atoms with Gasteiger partial charge in [-0.25, -0.2) is 4.98 Å². The van der Waals surface area contributed by atoms with Crippen LogP contribution in [0.15, 0.2) is 48.7 Å². The molecule has 3 nitrogen and oxygen atoms in total. The number of pyridine rings is 1. The van der Waals surface area contributed by atoms with Gasteiger partial charge in [-0.15, -0.1) is 0 Å². The van der Waals surface area contributed by atoms with Crippen molar-refractivity contribution < 1.29 is 0 Å². The quantitative estimate of drug-likeness (QED) is 0.888. The molecule has 1 N–H and O–H groups in total. The van der Waals surface area contributed by atoms with Crippen LogP contribution in [0.5, 0.6) is 0 Å². The van der Waals surface area contributed by atoms with Crippen molar-refractivity contribution in [3.8, 4) is 0 Å². The Hall–Kier alpha value is -1.87. The number of nitrogens with zero attached hydrogens (tertiary/aromatic N) is 2. The minimum Gasteiger partial charge on any atom is -0.364 e. The van der Waals surface area contributed by atoms with Crippen LogP contribution in [0.2, 0.25) is 0 Å². The van der Waals surface area contributed by atoms with Crippen molar-refractivity contribution in [2.45, 2.75) is 19.5 Å². The molecule has 0 aliphatic rings. The van der Waals surface area contributed by atoms with Crippen molar-refractivity contribution in [3.05, 3.63) is 59.8 Å². The van der Waals surface area contributed by atoms with E-state index in [9.17, 15) is 0 Å². The summed E-state index contributed by atoms with van der Waals surface area (Å²) in [6.45, 7) is 3.06. The molecule has 0 saturated heterocycles. The van der Waals surface area contributed by atoms with Crippen molar-refractivity contribution >= 4 is 5.82 Å². The van der Waals surface area contributed by atoms with E-state index >= 15 is 0 Å². The Bertz CT molecular complexity index is 491. The topological polar surface area (TPSA) is 28.2 Å². The van der Waals surface area contributed by atoms with Gasteiger partial charge in [0.2, 0.25) is 0 Å². The third-order valence-electron chi connectivity index (χ3n) is 2.99. The summed E-state index contributed by atoms with van der Waals surface area (Å²) in [5, 5.41) is 3.41. The molecule has 0 bridgehead atoms. The van der Waals surface area contributed by atoms with Crippen LogP contribution in [0.25, 0.3) is 0 Å². The smallest absolute Gasteiger partial charge is 0.126 e. The molecular formula is C16H21N3. The van der Waals surface area contributed by atoms with Gasteiger partial charge in [0.25, 0.3) is 0 Å². The van der Waals surface area contributed by atoms with Gasteiger partial charge in [-0.1, -0.05) is 36.4 Å². The summed E-state index contributed by atoms with van der Waals surface area (Å²) < 4.78 is 0. The zero-order valence-electron chi connectivity index (χ0n) is 11.8. The first-order chi connectivity index (χ1) is 9.15. The number of rotatable bonds is 5. The van der Waals surface area contributed by atoms with Gasteiger partial charge in [-0.3, -0.25) is 0 Å². The Balaban J connectivity index is 1.99. The van der Waals surface area contributed by atoms with Crippen molar-refractivity contribution in [2.24, 2.45) is 0 Å². The Morgan fingerprint density at radius 3 is 2.42 bits per heavy atom. The van der Waals surface area contributed by atoms with Crippen molar-refractivity contribution in [3.63, 3.8) is 0 Å². The molecule has 2 aromatic rings. The highest BCUT2D eigenvalue weighted by Crippen LogP contribution is 2.17. The predicted molar refractivity (Wildman–Crippen MR) is 80.1 cm³/mol. The van der Waals surface area contributed by atoms with Crippen LogP contribution in [0, 0.1) is 0 Å². The molecule has 0 amide bonds. The van der Waals surface area contributed by atoms with Gasteiger partial charge in [0, 0.05) is 18.8 Å². The van der Waals surface area contributed by atoms with Crippen LogP contribution >= 0.6 is 0 Å². The zero-order valence-corrected chi connectivity index (χ0v) is 11.8. The summed E-state index contributed by atoms with van der Waals surface area (Å²) >= 11 is 0. The fraction of sp³-hybridized carbons (Fsp3) is 0.312. The Labute approximate surface area is 115 Å². The van der Waals surface area contributed by atoms with E-state index in [2.05, 4.69) is 66.6 Å². The highest BCUT2D eigenvalue weighted by atomic mass is 15.1. The lowest BCUT2D eigenvalue weighted by atomic mass is 10.1. The van der Waals surface area contributed by atoms with E-state index in [4.69, 9.17) is 0 Å². The van der Waals surface area contributed by atoms with Gasteiger partial charge >= 0.3 is 0 Å². The summed E-state index contributed by atoms with van der Waals surface area (Å²) in [4.78, 5) is 6.60. The van der Waals surface area contributed by atoms with E-state index in [1.165, 1.54) is 11.1 Å². The summed E-state index contributed by atoms with van der Waals surface area (Å²) in [6, 6.07) is 14.8. The predicted octanol–water partition coefficient (Wildman–Crippen LogP) is 3.32. The second-order valence-corrected chi connectivity index (χ2v) is 5.07. The average molecular weight is 255 g/mol. The summed E-state index contributed by atoms with van der Waals surface area (Å²) in [5.74, 6) is 0.916. The maximum Gasteiger partial charge on any atom is 0.126 e. The van der Waals surface area contributed by atoms with Gasteiger partial charge < -0.3 is 10.2 Å².